The van der Waals surface area contributed by atoms with Gasteiger partial charge in [0.05, 0.1) is 0 Å². The van der Waals surface area contributed by atoms with Crippen LogP contribution in [0.2, 0.25) is 0 Å². The molecular formula is C10H13N3S. The van der Waals surface area contributed by atoms with Crippen molar-refractivity contribution in [2.45, 2.75) is 0 Å². The summed E-state index contributed by atoms with van der Waals surface area (Å²) in [6.45, 7) is 4.30. The van der Waals surface area contributed by atoms with E-state index in [9.17, 15) is 0 Å². The van der Waals surface area contributed by atoms with Crippen molar-refractivity contribution in [2.75, 3.05) is 38.1 Å². The van der Waals surface area contributed by atoms with E-state index in [1.807, 2.05) is 5.38 Å². The van der Waals surface area contributed by atoms with Crippen molar-refractivity contribution in [3.63, 3.8) is 0 Å². The van der Waals surface area contributed by atoms with Crippen LogP contribution in [0.15, 0.2) is 5.38 Å². The van der Waals surface area contributed by atoms with E-state index in [0.29, 0.717) is 0 Å². The van der Waals surface area contributed by atoms with Crippen molar-refractivity contribution in [1.82, 2.24) is 9.88 Å². The van der Waals surface area contributed by atoms with E-state index >= 15 is 0 Å². The standard InChI is InChI=1S/C10H13N3S/c1-3-9-8-14-10(11-9)13-6-4-12(2)5-7-13/h1,8H,4-7H2,2H3. The SMILES string of the molecule is C#Cc1csc(N2CCN(C)CC2)n1. The van der Waals surface area contributed by atoms with E-state index in [2.05, 4.69) is 27.8 Å². The molecule has 0 bridgehead atoms. The molecule has 3 nitrogen and oxygen atoms in total. The highest BCUT2D eigenvalue weighted by molar-refractivity contribution is 7.13. The van der Waals surface area contributed by atoms with Crippen LogP contribution in [-0.4, -0.2) is 43.1 Å². The number of aromatic nitrogens is 1. The van der Waals surface area contributed by atoms with E-state index in [1.165, 1.54) is 0 Å². The Bertz CT molecular complexity index is 344. The van der Waals surface area contributed by atoms with Crippen molar-refractivity contribution < 1.29 is 0 Å². The molecule has 1 aromatic rings. The lowest BCUT2D eigenvalue weighted by molar-refractivity contribution is 0.312. The summed E-state index contributed by atoms with van der Waals surface area (Å²) in [7, 11) is 2.14. The molecule has 2 heterocycles. The van der Waals surface area contributed by atoms with Crippen LogP contribution in [0.3, 0.4) is 0 Å². The minimum atomic E-state index is 0.754. The Hall–Kier alpha value is -1.05. The molecule has 0 amide bonds. The van der Waals surface area contributed by atoms with E-state index in [1.54, 1.807) is 11.3 Å². The first kappa shape index (κ1) is 9.50. The van der Waals surface area contributed by atoms with Crippen LogP contribution in [0.25, 0.3) is 0 Å². The second-order valence-corrected chi connectivity index (χ2v) is 4.29. The summed E-state index contributed by atoms with van der Waals surface area (Å²) >= 11 is 1.64. The lowest BCUT2D eigenvalue weighted by Gasteiger charge is -2.31. The molecule has 1 fully saturated rings. The average Bonchev–Trinajstić information content (AvgIpc) is 2.67. The number of anilines is 1. The molecule has 0 atom stereocenters. The summed E-state index contributed by atoms with van der Waals surface area (Å²) in [5, 5.41) is 3.00. The zero-order valence-electron chi connectivity index (χ0n) is 8.23. The molecule has 0 aliphatic carbocycles. The van der Waals surface area contributed by atoms with Gasteiger partial charge in [-0.3, -0.25) is 0 Å². The Morgan fingerprint density at radius 3 is 2.71 bits per heavy atom. The molecule has 0 unspecified atom stereocenters. The normalized spacial score (nSPS) is 18.1. The van der Waals surface area contributed by atoms with Crippen molar-refractivity contribution in [2.24, 2.45) is 0 Å². The van der Waals surface area contributed by atoms with Crippen LogP contribution < -0.4 is 4.90 Å². The third-order valence-electron chi connectivity index (χ3n) is 2.41. The van der Waals surface area contributed by atoms with Crippen LogP contribution in [0.5, 0.6) is 0 Å². The largest absolute Gasteiger partial charge is 0.345 e. The molecule has 74 valence electrons. The Balaban J connectivity index is 2.05. The maximum atomic E-state index is 5.28. The molecule has 1 aromatic heterocycles. The van der Waals surface area contributed by atoms with Crippen molar-refractivity contribution in [3.05, 3.63) is 11.1 Å². The predicted molar refractivity (Wildman–Crippen MR) is 59.8 cm³/mol. The number of rotatable bonds is 1. The Morgan fingerprint density at radius 2 is 2.14 bits per heavy atom. The quantitative estimate of drug-likeness (QED) is 0.637. The highest BCUT2D eigenvalue weighted by Gasteiger charge is 2.16. The zero-order chi connectivity index (χ0) is 9.97. The summed E-state index contributed by atoms with van der Waals surface area (Å²) < 4.78 is 0. The first-order valence-electron chi connectivity index (χ1n) is 4.65. The minimum absolute atomic E-state index is 0.754. The first-order valence-corrected chi connectivity index (χ1v) is 5.53. The van der Waals surface area contributed by atoms with E-state index in [-0.39, 0.29) is 0 Å². The second kappa shape index (κ2) is 3.99. The van der Waals surface area contributed by atoms with Gasteiger partial charge in [0, 0.05) is 31.6 Å². The number of nitrogens with zero attached hydrogens (tertiary/aromatic N) is 3. The number of thiazole rings is 1. The predicted octanol–water partition coefficient (Wildman–Crippen LogP) is 0.876. The summed E-state index contributed by atoms with van der Waals surface area (Å²) in [6.07, 6.45) is 5.28. The molecule has 1 saturated heterocycles. The lowest BCUT2D eigenvalue weighted by Crippen LogP contribution is -2.44. The molecule has 14 heavy (non-hydrogen) atoms. The van der Waals surface area contributed by atoms with Crippen LogP contribution in [0, 0.1) is 12.3 Å². The van der Waals surface area contributed by atoms with Crippen molar-refractivity contribution >= 4 is 16.5 Å². The van der Waals surface area contributed by atoms with E-state index < -0.39 is 0 Å². The fraction of sp³-hybridized carbons (Fsp3) is 0.500. The van der Waals surface area contributed by atoms with Crippen molar-refractivity contribution in [3.8, 4) is 12.3 Å². The van der Waals surface area contributed by atoms with E-state index in [0.717, 1.165) is 37.0 Å². The molecule has 1 aliphatic heterocycles. The molecule has 0 saturated carbocycles. The molecule has 0 aromatic carbocycles. The zero-order valence-corrected chi connectivity index (χ0v) is 9.05. The smallest absolute Gasteiger partial charge is 0.186 e. The van der Waals surface area contributed by atoms with Gasteiger partial charge < -0.3 is 9.80 Å². The van der Waals surface area contributed by atoms with E-state index in [4.69, 9.17) is 6.42 Å². The molecule has 2 rings (SSSR count). The monoisotopic (exact) mass is 207 g/mol. The average molecular weight is 207 g/mol. The maximum Gasteiger partial charge on any atom is 0.186 e. The number of hydrogen-bond acceptors (Lipinski definition) is 4. The van der Waals surface area contributed by atoms with Gasteiger partial charge in [0.15, 0.2) is 5.13 Å². The third-order valence-corrected chi connectivity index (χ3v) is 3.32. The topological polar surface area (TPSA) is 19.4 Å². The highest BCUT2D eigenvalue weighted by Crippen LogP contribution is 2.20. The molecule has 1 aliphatic rings. The van der Waals surface area contributed by atoms with Gasteiger partial charge in [-0.25, -0.2) is 4.98 Å². The molecule has 0 N–H and O–H groups in total. The number of likely N-dealkylation sites (N-methyl/N-ethyl adjacent to an activating group) is 1. The fourth-order valence-corrected chi connectivity index (χ4v) is 2.29. The third kappa shape index (κ3) is 1.89. The Morgan fingerprint density at radius 1 is 1.43 bits per heavy atom. The Kier molecular flexibility index (Phi) is 2.71. The molecular weight excluding hydrogens is 194 g/mol. The van der Waals surface area contributed by atoms with Crippen molar-refractivity contribution in [1.29, 1.82) is 0 Å². The summed E-state index contributed by atoms with van der Waals surface area (Å²) in [5.74, 6) is 2.56. The second-order valence-electron chi connectivity index (χ2n) is 3.45. The lowest BCUT2D eigenvalue weighted by atomic mass is 10.3. The molecule has 0 radical (unpaired) electrons. The van der Waals surface area contributed by atoms with Gasteiger partial charge in [0.1, 0.15) is 5.69 Å². The number of piperazine rings is 1. The van der Waals surface area contributed by atoms with Crippen LogP contribution in [-0.2, 0) is 0 Å². The van der Waals surface area contributed by atoms with Gasteiger partial charge in [-0.1, -0.05) is 0 Å². The van der Waals surface area contributed by atoms with Gasteiger partial charge >= 0.3 is 0 Å². The maximum absolute atomic E-state index is 5.28. The first-order chi connectivity index (χ1) is 6.79. The van der Waals surface area contributed by atoms with Crippen LogP contribution in [0.4, 0.5) is 5.13 Å². The van der Waals surface area contributed by atoms with Gasteiger partial charge in [-0.2, -0.15) is 0 Å². The van der Waals surface area contributed by atoms with Gasteiger partial charge in [0.2, 0.25) is 0 Å². The van der Waals surface area contributed by atoms with Crippen LogP contribution in [0.1, 0.15) is 5.69 Å². The fourth-order valence-electron chi connectivity index (χ4n) is 1.47. The summed E-state index contributed by atoms with van der Waals surface area (Å²) in [6, 6.07) is 0. The molecule has 0 spiro atoms. The van der Waals surface area contributed by atoms with Gasteiger partial charge in [-0.15, -0.1) is 17.8 Å². The van der Waals surface area contributed by atoms with Gasteiger partial charge in [-0.05, 0) is 13.0 Å². The van der Waals surface area contributed by atoms with Crippen LogP contribution >= 0.6 is 11.3 Å². The number of hydrogen-bond donors (Lipinski definition) is 0. The number of terminal acetylenes is 1. The Labute approximate surface area is 88.4 Å². The molecule has 4 heteroatoms. The minimum Gasteiger partial charge on any atom is -0.345 e. The highest BCUT2D eigenvalue weighted by atomic mass is 32.1. The van der Waals surface area contributed by atoms with Gasteiger partial charge in [0.25, 0.3) is 0 Å². The summed E-state index contributed by atoms with van der Waals surface area (Å²) in [5.41, 5.74) is 0.754. The summed E-state index contributed by atoms with van der Waals surface area (Å²) in [4.78, 5) is 8.99.